The maximum Gasteiger partial charge on any atom is 0.320 e. The van der Waals surface area contributed by atoms with E-state index in [2.05, 4.69) is 6.58 Å². The van der Waals surface area contributed by atoms with Gasteiger partial charge in [-0.1, -0.05) is 39.3 Å². The monoisotopic (exact) mass is 502 g/mol. The Hall–Kier alpha value is -2.75. The fraction of sp³-hybridized carbons (Fsp3) is 0.593. The first-order valence-electron chi connectivity index (χ1n) is 12.1. The number of rotatable bonds is 4. The van der Waals surface area contributed by atoms with Gasteiger partial charge in [-0.05, 0) is 31.1 Å². The number of carbonyl (C=O) groups is 3. The second kappa shape index (κ2) is 8.39. The normalized spacial score (nSPS) is 39.9. The van der Waals surface area contributed by atoms with Gasteiger partial charge in [-0.15, -0.1) is 6.58 Å². The highest BCUT2D eigenvalue weighted by molar-refractivity contribution is 6.13. The molecule has 0 heterocycles. The van der Waals surface area contributed by atoms with E-state index in [-0.39, 0.29) is 29.7 Å². The Labute approximate surface area is 209 Å². The van der Waals surface area contributed by atoms with Gasteiger partial charge in [-0.25, -0.2) is 0 Å². The number of esters is 1. The lowest BCUT2D eigenvalue weighted by Gasteiger charge is -2.58. The summed E-state index contributed by atoms with van der Waals surface area (Å²) >= 11 is 0. The number of hydrogen-bond acceptors (Lipinski definition) is 9. The number of aliphatic hydroxyl groups excluding tert-OH is 3. The highest BCUT2D eigenvalue weighted by Gasteiger charge is 2.70. The average Bonchev–Trinajstić information content (AvgIpc) is 2.83. The van der Waals surface area contributed by atoms with Crippen LogP contribution >= 0.6 is 0 Å². The number of ketones is 2. The van der Waals surface area contributed by atoms with Crippen molar-refractivity contribution < 1.29 is 44.3 Å². The fourth-order valence-electron chi connectivity index (χ4n) is 6.47. The van der Waals surface area contributed by atoms with E-state index in [1.807, 2.05) is 6.92 Å². The first-order chi connectivity index (χ1) is 16.7. The first-order valence-corrected chi connectivity index (χ1v) is 12.1. The molecule has 6 atom stereocenters. The summed E-state index contributed by atoms with van der Waals surface area (Å²) in [5.41, 5.74) is -5.43. The molecule has 0 saturated heterocycles. The van der Waals surface area contributed by atoms with Crippen molar-refractivity contribution in [3.05, 3.63) is 47.5 Å². The van der Waals surface area contributed by atoms with E-state index in [9.17, 15) is 34.8 Å². The summed E-state index contributed by atoms with van der Waals surface area (Å²) in [6.45, 7) is 9.22. The van der Waals surface area contributed by atoms with Gasteiger partial charge in [-0.3, -0.25) is 14.4 Å². The Morgan fingerprint density at radius 3 is 2.42 bits per heavy atom. The lowest BCUT2D eigenvalue weighted by atomic mass is 9.46. The number of carbonyl (C=O) groups excluding carboxylic acids is 3. The molecule has 1 fully saturated rings. The molecule has 0 bridgehead atoms. The summed E-state index contributed by atoms with van der Waals surface area (Å²) in [6, 6.07) is 0. The zero-order valence-electron chi connectivity index (χ0n) is 21.0. The largest absolute Gasteiger partial charge is 0.504 e. The second-order valence-electron chi connectivity index (χ2n) is 11.2. The van der Waals surface area contributed by atoms with E-state index in [0.29, 0.717) is 19.3 Å². The van der Waals surface area contributed by atoms with Crippen molar-refractivity contribution in [3.8, 4) is 0 Å². The maximum atomic E-state index is 14.1. The summed E-state index contributed by atoms with van der Waals surface area (Å²) in [4.78, 5) is 40.3. The van der Waals surface area contributed by atoms with Crippen LogP contribution in [-0.2, 0) is 23.9 Å². The van der Waals surface area contributed by atoms with E-state index in [4.69, 9.17) is 9.47 Å². The minimum atomic E-state index is -2.02. The van der Waals surface area contributed by atoms with Crippen LogP contribution in [-0.4, -0.2) is 69.0 Å². The Morgan fingerprint density at radius 1 is 1.14 bits per heavy atom. The Morgan fingerprint density at radius 2 is 1.81 bits per heavy atom. The highest BCUT2D eigenvalue weighted by atomic mass is 16.6. The van der Waals surface area contributed by atoms with E-state index >= 15 is 0 Å². The van der Waals surface area contributed by atoms with E-state index in [1.165, 1.54) is 7.11 Å². The predicted octanol–water partition coefficient (Wildman–Crippen LogP) is 1.97. The van der Waals surface area contributed by atoms with Gasteiger partial charge in [0.2, 0.25) is 11.6 Å². The summed E-state index contributed by atoms with van der Waals surface area (Å²) in [6.07, 6.45) is 0.422. The minimum Gasteiger partial charge on any atom is -0.504 e. The molecular formula is C27H34O9. The van der Waals surface area contributed by atoms with Gasteiger partial charge >= 0.3 is 5.97 Å². The molecular weight excluding hydrogens is 468 g/mol. The SMILES string of the molecule is C=C[C@]1(C)C=C2C(=O)C(O)=C3C(C)(C)CCC[C@]3(C(=O)O[C@H]3C(=O)C=C(OC)[C@@H](O)[C@H]3O)[C@@]2(O)CC1. The first kappa shape index (κ1) is 26.3. The Kier molecular flexibility index (Phi) is 6.14. The maximum absolute atomic E-state index is 14.1. The third kappa shape index (κ3) is 3.43. The molecule has 4 aliphatic carbocycles. The number of aliphatic hydroxyl groups is 4. The molecule has 196 valence electrons. The summed E-state index contributed by atoms with van der Waals surface area (Å²) in [5, 5.41) is 44.3. The van der Waals surface area contributed by atoms with Crippen molar-refractivity contribution in [2.75, 3.05) is 7.11 Å². The molecule has 0 aromatic carbocycles. The summed E-state index contributed by atoms with van der Waals surface area (Å²) < 4.78 is 10.5. The van der Waals surface area contributed by atoms with E-state index in [0.717, 1.165) is 6.08 Å². The molecule has 4 N–H and O–H groups in total. The lowest BCUT2D eigenvalue weighted by molar-refractivity contribution is -0.191. The summed E-state index contributed by atoms with van der Waals surface area (Å²) in [5.74, 6) is -3.37. The molecule has 9 heteroatoms. The molecule has 0 amide bonds. The molecule has 4 rings (SSSR count). The number of fused-ring (bicyclic) bond motifs is 3. The molecule has 0 aromatic rings. The van der Waals surface area contributed by atoms with Crippen LogP contribution in [0.4, 0.5) is 0 Å². The Bertz CT molecular complexity index is 1130. The smallest absolute Gasteiger partial charge is 0.320 e. The lowest BCUT2D eigenvalue weighted by Crippen LogP contribution is -2.65. The van der Waals surface area contributed by atoms with Gasteiger partial charge in [0.25, 0.3) is 0 Å². The molecule has 9 nitrogen and oxygen atoms in total. The van der Waals surface area contributed by atoms with Crippen molar-refractivity contribution in [2.45, 2.75) is 76.8 Å². The highest BCUT2D eigenvalue weighted by Crippen LogP contribution is 2.64. The average molecular weight is 503 g/mol. The standard InChI is InChI=1S/C27H34O9/c1-6-25(4)10-11-27(34)14(13-25)17(29)20(32)22-24(2,3)8-7-9-26(22,27)23(33)36-21-15(28)12-16(35-5)18(30)19(21)31/h6,12-13,18-19,21,30-32,34H,1,7-11H2,2-5H3/t18-,19-,21+,25+,26+,27-/m1/s1. The van der Waals surface area contributed by atoms with Gasteiger partial charge in [0.05, 0.1) is 7.11 Å². The Balaban J connectivity index is 1.90. The molecule has 1 saturated carbocycles. The van der Waals surface area contributed by atoms with Gasteiger partial charge < -0.3 is 29.9 Å². The zero-order chi connectivity index (χ0) is 26.8. The number of hydrogen-bond donors (Lipinski definition) is 4. The molecule has 4 aliphatic rings. The van der Waals surface area contributed by atoms with Crippen molar-refractivity contribution in [3.63, 3.8) is 0 Å². The quantitative estimate of drug-likeness (QED) is 0.334. The van der Waals surface area contributed by atoms with Crippen molar-refractivity contribution in [1.29, 1.82) is 0 Å². The van der Waals surface area contributed by atoms with Gasteiger partial charge in [0.15, 0.2) is 11.9 Å². The van der Waals surface area contributed by atoms with E-state index < -0.39 is 63.5 Å². The van der Waals surface area contributed by atoms with Gasteiger partial charge in [-0.2, -0.15) is 0 Å². The number of methoxy groups -OCH3 is 1. The van der Waals surface area contributed by atoms with Crippen molar-refractivity contribution >= 4 is 17.5 Å². The third-order valence-corrected chi connectivity index (χ3v) is 8.58. The van der Waals surface area contributed by atoms with Gasteiger partial charge in [0.1, 0.15) is 29.0 Å². The van der Waals surface area contributed by atoms with Crippen LogP contribution in [0.25, 0.3) is 0 Å². The van der Waals surface area contributed by atoms with Crippen LogP contribution < -0.4 is 0 Å². The molecule has 36 heavy (non-hydrogen) atoms. The molecule has 0 aliphatic heterocycles. The van der Waals surface area contributed by atoms with Crippen LogP contribution in [0.15, 0.2) is 47.5 Å². The van der Waals surface area contributed by atoms with Crippen LogP contribution in [0.1, 0.15) is 52.9 Å². The number of allylic oxidation sites excluding steroid dienone is 3. The van der Waals surface area contributed by atoms with Crippen LogP contribution in [0.5, 0.6) is 0 Å². The van der Waals surface area contributed by atoms with Crippen LogP contribution in [0.2, 0.25) is 0 Å². The fourth-order valence-corrected chi connectivity index (χ4v) is 6.47. The molecule has 0 aromatic heterocycles. The minimum absolute atomic E-state index is 0.00652. The number of ether oxygens (including phenoxy) is 2. The molecule has 0 radical (unpaired) electrons. The third-order valence-electron chi connectivity index (χ3n) is 8.58. The topological polar surface area (TPSA) is 151 Å². The van der Waals surface area contributed by atoms with Crippen LogP contribution in [0.3, 0.4) is 0 Å². The van der Waals surface area contributed by atoms with Crippen molar-refractivity contribution in [2.24, 2.45) is 16.2 Å². The van der Waals surface area contributed by atoms with Crippen LogP contribution in [0, 0.1) is 16.2 Å². The zero-order valence-corrected chi connectivity index (χ0v) is 21.0. The number of Topliss-reactive ketones (excluding diaryl/α,β-unsaturated/α-hetero) is 1. The predicted molar refractivity (Wildman–Crippen MR) is 127 cm³/mol. The summed E-state index contributed by atoms with van der Waals surface area (Å²) in [7, 11) is 1.23. The van der Waals surface area contributed by atoms with Crippen molar-refractivity contribution in [1.82, 2.24) is 0 Å². The second-order valence-corrected chi connectivity index (χ2v) is 11.2. The molecule has 0 unspecified atom stereocenters. The van der Waals surface area contributed by atoms with Gasteiger partial charge in [0, 0.05) is 22.6 Å². The molecule has 0 spiro atoms. The van der Waals surface area contributed by atoms with E-state index in [1.54, 1.807) is 26.0 Å².